The Balaban J connectivity index is 1.29. The summed E-state index contributed by atoms with van der Waals surface area (Å²) in [4.78, 5) is 12.9. The Morgan fingerprint density at radius 1 is 0.900 bits per heavy atom. The molecule has 0 spiro atoms. The minimum Gasteiger partial charge on any atom is -0.491 e. The predicted octanol–water partition coefficient (Wildman–Crippen LogP) is 7.03. The lowest BCUT2D eigenvalue weighted by Gasteiger charge is -2.32. The van der Waals surface area contributed by atoms with Crippen molar-refractivity contribution >= 4 is 19.3 Å². The molecule has 7 heteroatoms. The van der Waals surface area contributed by atoms with Gasteiger partial charge < -0.3 is 24.1 Å². The summed E-state index contributed by atoms with van der Waals surface area (Å²) >= 11 is 0. The number of hydrogen-bond donors (Lipinski definition) is 1. The van der Waals surface area contributed by atoms with Crippen molar-refractivity contribution in [2.24, 2.45) is 0 Å². The highest BCUT2D eigenvalue weighted by molar-refractivity contribution is 6.56. The Morgan fingerprint density at radius 3 is 2.00 bits per heavy atom. The van der Waals surface area contributed by atoms with Crippen LogP contribution in [0, 0.1) is 0 Å². The van der Waals surface area contributed by atoms with Gasteiger partial charge in [-0.25, -0.2) is 4.79 Å². The average molecular weight is 539 g/mol. The number of fused-ring (bicyclic) bond motifs is 3. The maximum atomic E-state index is 12.9. The van der Waals surface area contributed by atoms with E-state index in [0.717, 1.165) is 16.8 Å². The van der Waals surface area contributed by atoms with Gasteiger partial charge in [-0.1, -0.05) is 66.7 Å². The first-order valence-corrected chi connectivity index (χ1v) is 14.0. The molecular formula is C33H38BNO5. The molecule has 1 amide bonds. The minimum absolute atomic E-state index is 0.00262. The predicted molar refractivity (Wildman–Crippen MR) is 159 cm³/mol. The normalized spacial score (nSPS) is 17.5. The first-order chi connectivity index (χ1) is 19.0. The zero-order chi connectivity index (χ0) is 28.5. The molecule has 3 aromatic carbocycles. The summed E-state index contributed by atoms with van der Waals surface area (Å²) in [5.74, 6) is 0.809. The molecule has 0 saturated carbocycles. The minimum atomic E-state index is -0.606. The SMILES string of the molecule is CC(C)Oc1ccc(C=C(CNC(=O)OCC2c3ccccc3-c3ccccc32)B2OC(C)(C)C(C)(C)O2)cc1. The molecule has 1 aliphatic carbocycles. The van der Waals surface area contributed by atoms with Gasteiger partial charge in [-0.2, -0.15) is 0 Å². The van der Waals surface area contributed by atoms with Gasteiger partial charge in [0.25, 0.3) is 0 Å². The second-order valence-corrected chi connectivity index (χ2v) is 11.7. The standard InChI is InChI=1S/C33H38BNO5/c1-22(2)38-25-17-15-23(16-18-25)19-24(34-39-32(3,4)33(5,6)40-34)20-35-31(36)37-21-30-28-13-9-7-11-26(28)27-12-8-10-14-29(27)30/h7-19,22,30H,20-21H2,1-6H3,(H,35,36). The molecule has 0 atom stereocenters. The van der Waals surface area contributed by atoms with Crippen LogP contribution >= 0.6 is 0 Å². The second kappa shape index (κ2) is 11.1. The topological polar surface area (TPSA) is 66.0 Å². The van der Waals surface area contributed by atoms with E-state index in [1.165, 1.54) is 22.3 Å². The molecule has 6 nitrogen and oxygen atoms in total. The summed E-state index contributed by atoms with van der Waals surface area (Å²) in [5, 5.41) is 2.93. The molecule has 1 saturated heterocycles. The number of carbonyl (C=O) groups is 1. The van der Waals surface area contributed by atoms with Crippen LogP contribution in [0.15, 0.2) is 78.3 Å². The molecule has 40 heavy (non-hydrogen) atoms. The molecule has 1 N–H and O–H groups in total. The van der Waals surface area contributed by atoms with E-state index in [1.807, 2.05) is 96.1 Å². The van der Waals surface area contributed by atoms with E-state index in [9.17, 15) is 4.79 Å². The van der Waals surface area contributed by atoms with E-state index in [4.69, 9.17) is 18.8 Å². The maximum absolute atomic E-state index is 12.9. The molecule has 1 fully saturated rings. The number of carbonyl (C=O) groups excluding carboxylic acids is 1. The summed E-state index contributed by atoms with van der Waals surface area (Å²) in [7, 11) is -0.606. The van der Waals surface area contributed by atoms with Gasteiger partial charge in [0.1, 0.15) is 12.4 Å². The van der Waals surface area contributed by atoms with E-state index in [2.05, 4.69) is 29.6 Å². The maximum Gasteiger partial charge on any atom is 0.492 e. The first-order valence-electron chi connectivity index (χ1n) is 14.0. The summed E-state index contributed by atoms with van der Waals surface area (Å²) in [6.45, 7) is 12.5. The van der Waals surface area contributed by atoms with E-state index < -0.39 is 24.4 Å². The number of hydrogen-bond acceptors (Lipinski definition) is 5. The Kier molecular flexibility index (Phi) is 7.80. The third kappa shape index (κ3) is 5.81. The van der Waals surface area contributed by atoms with Crippen molar-refractivity contribution in [3.05, 3.63) is 95.0 Å². The van der Waals surface area contributed by atoms with Crippen LogP contribution in [0.1, 0.15) is 64.2 Å². The van der Waals surface area contributed by atoms with Crippen molar-refractivity contribution in [2.45, 2.75) is 64.8 Å². The number of alkyl carbamates (subject to hydrolysis) is 1. The largest absolute Gasteiger partial charge is 0.492 e. The van der Waals surface area contributed by atoms with Crippen LogP contribution in [-0.4, -0.2) is 43.7 Å². The van der Waals surface area contributed by atoms with Gasteiger partial charge in [0.2, 0.25) is 0 Å². The third-order valence-electron chi connectivity index (χ3n) is 7.94. The van der Waals surface area contributed by atoms with Crippen molar-refractivity contribution in [1.29, 1.82) is 0 Å². The van der Waals surface area contributed by atoms with Gasteiger partial charge in [0.05, 0.1) is 17.3 Å². The van der Waals surface area contributed by atoms with Crippen LogP contribution in [-0.2, 0) is 14.0 Å². The molecule has 0 aromatic heterocycles. The first kappa shape index (κ1) is 28.0. The molecule has 5 rings (SSSR count). The summed E-state index contributed by atoms with van der Waals surface area (Å²) in [6.07, 6.45) is 1.61. The van der Waals surface area contributed by atoms with Gasteiger partial charge in [-0.3, -0.25) is 0 Å². The van der Waals surface area contributed by atoms with Gasteiger partial charge in [-0.15, -0.1) is 0 Å². The average Bonchev–Trinajstić information content (AvgIpc) is 3.35. The van der Waals surface area contributed by atoms with Crippen LogP contribution in [0.4, 0.5) is 4.79 Å². The Morgan fingerprint density at radius 2 is 1.45 bits per heavy atom. The molecule has 0 radical (unpaired) electrons. The van der Waals surface area contributed by atoms with E-state index in [-0.39, 0.29) is 25.2 Å². The van der Waals surface area contributed by atoms with Gasteiger partial charge in [0.15, 0.2) is 0 Å². The van der Waals surface area contributed by atoms with Crippen molar-refractivity contribution < 1.29 is 23.6 Å². The highest BCUT2D eigenvalue weighted by Gasteiger charge is 2.52. The Bertz CT molecular complexity index is 1330. The van der Waals surface area contributed by atoms with E-state index >= 15 is 0 Å². The highest BCUT2D eigenvalue weighted by atomic mass is 16.7. The van der Waals surface area contributed by atoms with Crippen LogP contribution < -0.4 is 10.1 Å². The Labute approximate surface area is 237 Å². The number of rotatable bonds is 8. The monoisotopic (exact) mass is 539 g/mol. The van der Waals surface area contributed by atoms with Crippen molar-refractivity contribution in [2.75, 3.05) is 13.2 Å². The molecule has 1 aliphatic heterocycles. The van der Waals surface area contributed by atoms with Gasteiger partial charge >= 0.3 is 13.2 Å². The second-order valence-electron chi connectivity index (χ2n) is 11.7. The van der Waals surface area contributed by atoms with Crippen LogP contribution in [0.25, 0.3) is 17.2 Å². The summed E-state index contributed by atoms with van der Waals surface area (Å²) < 4.78 is 24.2. The number of amides is 1. The summed E-state index contributed by atoms with van der Waals surface area (Å²) in [6, 6.07) is 24.4. The highest BCUT2D eigenvalue weighted by Crippen LogP contribution is 2.44. The zero-order valence-electron chi connectivity index (χ0n) is 24.2. The smallest absolute Gasteiger partial charge is 0.491 e. The lowest BCUT2D eigenvalue weighted by molar-refractivity contribution is 0.00578. The van der Waals surface area contributed by atoms with Crippen LogP contribution in [0.3, 0.4) is 0 Å². The van der Waals surface area contributed by atoms with Crippen LogP contribution in [0.5, 0.6) is 5.75 Å². The lowest BCUT2D eigenvalue weighted by Crippen LogP contribution is -2.41. The summed E-state index contributed by atoms with van der Waals surface area (Å²) in [5.41, 5.74) is 5.49. The lowest BCUT2D eigenvalue weighted by atomic mass is 9.77. The molecular weight excluding hydrogens is 501 g/mol. The van der Waals surface area contributed by atoms with E-state index in [0.29, 0.717) is 0 Å². The molecule has 0 unspecified atom stereocenters. The molecule has 1 heterocycles. The molecule has 208 valence electrons. The molecule has 2 aliphatic rings. The third-order valence-corrected chi connectivity index (χ3v) is 7.94. The number of nitrogens with one attached hydrogen (secondary N) is 1. The zero-order valence-corrected chi connectivity index (χ0v) is 24.2. The number of ether oxygens (including phenoxy) is 2. The van der Waals surface area contributed by atoms with E-state index in [1.54, 1.807) is 0 Å². The van der Waals surface area contributed by atoms with Crippen molar-refractivity contribution in [3.8, 4) is 16.9 Å². The Hall–Kier alpha value is -3.55. The van der Waals surface area contributed by atoms with Crippen LogP contribution in [0.2, 0.25) is 0 Å². The van der Waals surface area contributed by atoms with Crippen molar-refractivity contribution in [1.82, 2.24) is 5.32 Å². The van der Waals surface area contributed by atoms with Gasteiger partial charge in [0, 0.05) is 12.5 Å². The van der Waals surface area contributed by atoms with Gasteiger partial charge in [-0.05, 0) is 87.0 Å². The fraction of sp³-hybridized carbons (Fsp3) is 0.364. The number of benzene rings is 3. The quantitative estimate of drug-likeness (QED) is 0.312. The molecule has 0 bridgehead atoms. The van der Waals surface area contributed by atoms with Crippen molar-refractivity contribution in [3.63, 3.8) is 0 Å². The fourth-order valence-electron chi connectivity index (χ4n) is 5.15. The molecule has 3 aromatic rings. The fourth-order valence-corrected chi connectivity index (χ4v) is 5.15.